The van der Waals surface area contributed by atoms with Crippen LogP contribution in [0.1, 0.15) is 13.3 Å². The van der Waals surface area contributed by atoms with Crippen molar-refractivity contribution < 1.29 is 8.42 Å². The minimum absolute atomic E-state index is 0.0716. The molecule has 1 aromatic carbocycles. The zero-order valence-corrected chi connectivity index (χ0v) is 15.2. The summed E-state index contributed by atoms with van der Waals surface area (Å²) in [7, 11) is -1.52. The van der Waals surface area contributed by atoms with Crippen molar-refractivity contribution in [1.82, 2.24) is 4.31 Å². The molecule has 0 bridgehead atoms. The topological polar surface area (TPSA) is 63.4 Å². The van der Waals surface area contributed by atoms with E-state index in [1.54, 1.807) is 18.8 Å². The van der Waals surface area contributed by atoms with Crippen LogP contribution >= 0.6 is 23.5 Å². The van der Waals surface area contributed by atoms with Crippen LogP contribution in [0.4, 0.5) is 5.69 Å². The fourth-order valence-corrected chi connectivity index (χ4v) is 5.62. The number of nitrogens with two attached hydrogens (primary N) is 1. The average Bonchev–Trinajstić information content (AvgIpc) is 2.44. The van der Waals surface area contributed by atoms with Gasteiger partial charge in [0.2, 0.25) is 10.0 Å². The Labute approximate surface area is 136 Å². The predicted octanol–water partition coefficient (Wildman–Crippen LogP) is 2.76. The normalized spacial score (nSPS) is 13.5. The van der Waals surface area contributed by atoms with Gasteiger partial charge in [0.25, 0.3) is 0 Å². The van der Waals surface area contributed by atoms with Gasteiger partial charge >= 0.3 is 0 Å². The summed E-state index contributed by atoms with van der Waals surface area (Å²) in [5, 5.41) is 0. The van der Waals surface area contributed by atoms with Gasteiger partial charge in [-0.2, -0.15) is 11.8 Å². The molecule has 120 valence electrons. The second-order valence-corrected chi connectivity index (χ2v) is 9.00. The maximum atomic E-state index is 12.3. The highest BCUT2D eigenvalue weighted by atomic mass is 32.2. The lowest BCUT2D eigenvalue weighted by Gasteiger charge is -2.25. The van der Waals surface area contributed by atoms with E-state index in [-0.39, 0.29) is 11.8 Å². The van der Waals surface area contributed by atoms with E-state index in [1.165, 1.54) is 16.1 Å². The van der Waals surface area contributed by atoms with Crippen molar-refractivity contribution in [2.75, 3.05) is 36.3 Å². The predicted molar refractivity (Wildman–Crippen MR) is 95.6 cm³/mol. The van der Waals surface area contributed by atoms with E-state index >= 15 is 0 Å². The van der Waals surface area contributed by atoms with Crippen LogP contribution in [0.5, 0.6) is 0 Å². The van der Waals surface area contributed by atoms with E-state index in [9.17, 15) is 8.42 Å². The van der Waals surface area contributed by atoms with Crippen molar-refractivity contribution in [3.8, 4) is 0 Å². The third-order valence-corrected chi connectivity index (χ3v) is 7.12. The largest absolute Gasteiger partial charge is 0.399 e. The fourth-order valence-electron chi connectivity index (χ4n) is 1.91. The van der Waals surface area contributed by atoms with Gasteiger partial charge in [0.1, 0.15) is 0 Å². The Balaban J connectivity index is 2.56. The van der Waals surface area contributed by atoms with Crippen LogP contribution < -0.4 is 5.73 Å². The fraction of sp³-hybridized carbons (Fsp3) is 0.571. The molecule has 0 aliphatic rings. The molecule has 1 aromatic rings. The molecule has 1 unspecified atom stereocenters. The van der Waals surface area contributed by atoms with Crippen molar-refractivity contribution in [2.45, 2.75) is 24.3 Å². The molecule has 0 aromatic heterocycles. The Bertz CT molecular complexity index is 535. The molecule has 2 N–H and O–H groups in total. The molecule has 1 rings (SSSR count). The first-order chi connectivity index (χ1) is 9.90. The van der Waals surface area contributed by atoms with Crippen LogP contribution in [-0.4, -0.2) is 49.3 Å². The highest BCUT2D eigenvalue weighted by Crippen LogP contribution is 2.21. The van der Waals surface area contributed by atoms with Gasteiger partial charge in [-0.05, 0) is 30.9 Å². The molecule has 4 nitrogen and oxygen atoms in total. The zero-order chi connectivity index (χ0) is 15.9. The SMILES string of the molecule is CCC(CSC)N(C)S(=O)(=O)CCSc1cccc(N)c1. The van der Waals surface area contributed by atoms with Gasteiger partial charge in [-0.3, -0.25) is 0 Å². The quantitative estimate of drug-likeness (QED) is 0.549. The number of sulfonamides is 1. The van der Waals surface area contributed by atoms with Gasteiger partial charge in [0.15, 0.2) is 0 Å². The van der Waals surface area contributed by atoms with Crippen molar-refractivity contribution in [1.29, 1.82) is 0 Å². The molecule has 0 aliphatic heterocycles. The lowest BCUT2D eigenvalue weighted by atomic mass is 10.3. The number of hydrogen-bond donors (Lipinski definition) is 1. The number of anilines is 1. The highest BCUT2D eigenvalue weighted by Gasteiger charge is 2.24. The number of rotatable bonds is 9. The molecule has 0 spiro atoms. The van der Waals surface area contributed by atoms with Gasteiger partial charge in [-0.25, -0.2) is 12.7 Å². The Kier molecular flexibility index (Phi) is 7.94. The van der Waals surface area contributed by atoms with Gasteiger partial charge in [0.05, 0.1) is 5.75 Å². The van der Waals surface area contributed by atoms with Gasteiger partial charge in [0, 0.05) is 35.2 Å². The molecule has 7 heteroatoms. The Hall–Kier alpha value is -0.370. The molecule has 21 heavy (non-hydrogen) atoms. The Morgan fingerprint density at radius 2 is 2.10 bits per heavy atom. The summed E-state index contributed by atoms with van der Waals surface area (Å²) >= 11 is 3.20. The number of nitrogen functional groups attached to an aromatic ring is 1. The summed E-state index contributed by atoms with van der Waals surface area (Å²) in [5.74, 6) is 1.51. The summed E-state index contributed by atoms with van der Waals surface area (Å²) in [5.41, 5.74) is 6.41. The van der Waals surface area contributed by atoms with Gasteiger partial charge < -0.3 is 5.73 Å². The molecule has 0 saturated carbocycles. The summed E-state index contributed by atoms with van der Waals surface area (Å²) in [4.78, 5) is 1.00. The first-order valence-corrected chi connectivity index (χ1v) is 10.8. The van der Waals surface area contributed by atoms with E-state index < -0.39 is 10.0 Å². The molecule has 0 saturated heterocycles. The van der Waals surface area contributed by atoms with E-state index in [2.05, 4.69) is 0 Å². The molecular formula is C14H24N2O2S3. The first kappa shape index (κ1) is 18.7. The Morgan fingerprint density at radius 1 is 1.38 bits per heavy atom. The van der Waals surface area contributed by atoms with Crippen molar-refractivity contribution >= 4 is 39.2 Å². The number of benzene rings is 1. The molecule has 0 heterocycles. The van der Waals surface area contributed by atoms with Crippen molar-refractivity contribution in [3.63, 3.8) is 0 Å². The van der Waals surface area contributed by atoms with Crippen LogP contribution in [0.15, 0.2) is 29.2 Å². The van der Waals surface area contributed by atoms with E-state index in [0.717, 1.165) is 17.1 Å². The minimum atomic E-state index is -3.21. The molecule has 0 aliphatic carbocycles. The number of nitrogens with zero attached hydrogens (tertiary/aromatic N) is 1. The van der Waals surface area contributed by atoms with Crippen LogP contribution in [0.2, 0.25) is 0 Å². The van der Waals surface area contributed by atoms with E-state index in [1.807, 2.05) is 37.4 Å². The summed E-state index contributed by atoms with van der Waals surface area (Å²) < 4.78 is 26.2. The second-order valence-electron chi connectivity index (χ2n) is 4.77. The molecule has 0 radical (unpaired) electrons. The smallest absolute Gasteiger partial charge is 0.214 e. The second kappa shape index (κ2) is 8.92. The van der Waals surface area contributed by atoms with E-state index in [4.69, 9.17) is 5.73 Å². The third kappa shape index (κ3) is 6.10. The molecular weight excluding hydrogens is 324 g/mol. The number of thioether (sulfide) groups is 2. The van der Waals surface area contributed by atoms with Crippen LogP contribution in [0, 0.1) is 0 Å². The lowest BCUT2D eigenvalue weighted by Crippen LogP contribution is -2.40. The third-order valence-electron chi connectivity index (χ3n) is 3.25. The summed E-state index contributed by atoms with van der Waals surface area (Å²) in [6.45, 7) is 2.02. The molecule has 0 amide bonds. The molecule has 1 atom stereocenters. The maximum absolute atomic E-state index is 12.3. The van der Waals surface area contributed by atoms with Crippen LogP contribution in [0.3, 0.4) is 0 Å². The van der Waals surface area contributed by atoms with Gasteiger partial charge in [-0.1, -0.05) is 13.0 Å². The van der Waals surface area contributed by atoms with Crippen LogP contribution in [-0.2, 0) is 10.0 Å². The molecule has 0 fully saturated rings. The summed E-state index contributed by atoms with van der Waals surface area (Å²) in [6, 6.07) is 7.58. The average molecular weight is 349 g/mol. The summed E-state index contributed by atoms with van der Waals surface area (Å²) in [6.07, 6.45) is 2.83. The Morgan fingerprint density at radius 3 is 2.67 bits per heavy atom. The number of hydrogen-bond acceptors (Lipinski definition) is 5. The van der Waals surface area contributed by atoms with Gasteiger partial charge in [-0.15, -0.1) is 11.8 Å². The first-order valence-electron chi connectivity index (χ1n) is 6.83. The van der Waals surface area contributed by atoms with Crippen molar-refractivity contribution in [2.24, 2.45) is 0 Å². The zero-order valence-electron chi connectivity index (χ0n) is 12.8. The monoisotopic (exact) mass is 348 g/mol. The van der Waals surface area contributed by atoms with Crippen molar-refractivity contribution in [3.05, 3.63) is 24.3 Å². The lowest BCUT2D eigenvalue weighted by molar-refractivity contribution is 0.386. The van der Waals surface area contributed by atoms with Crippen LogP contribution in [0.25, 0.3) is 0 Å². The minimum Gasteiger partial charge on any atom is -0.399 e. The van der Waals surface area contributed by atoms with E-state index in [0.29, 0.717) is 11.4 Å². The maximum Gasteiger partial charge on any atom is 0.214 e. The standard InChI is InChI=1S/C14H24N2O2S3/c1-4-13(11-19-3)16(2)21(17,18)9-8-20-14-7-5-6-12(15)10-14/h5-7,10,13H,4,8-9,11,15H2,1-3H3. The highest BCUT2D eigenvalue weighted by molar-refractivity contribution is 8.00.